The molecule has 1 aliphatic heterocycles. The normalized spacial score (nSPS) is 14.8. The maximum Gasteiger partial charge on any atom is 0.308 e. The van der Waals surface area contributed by atoms with Crippen molar-refractivity contribution in [3.63, 3.8) is 0 Å². The second-order valence-electron chi connectivity index (χ2n) is 6.95. The average Bonchev–Trinajstić information content (AvgIpc) is 3.20. The van der Waals surface area contributed by atoms with Crippen LogP contribution in [0.1, 0.15) is 23.3 Å². The molecule has 1 amide bonds. The molecule has 1 aliphatic rings. The molecule has 0 aliphatic carbocycles. The van der Waals surface area contributed by atoms with Gasteiger partial charge in [-0.3, -0.25) is 9.59 Å². The Hall–Kier alpha value is -2.34. The number of thiophene rings is 1. The maximum atomic E-state index is 12.9. The van der Waals surface area contributed by atoms with Crippen LogP contribution in [0.5, 0.6) is 0 Å². The van der Waals surface area contributed by atoms with E-state index in [0.29, 0.717) is 39.0 Å². The minimum atomic E-state index is -0.166. The Kier molecular flexibility index (Phi) is 6.50. The van der Waals surface area contributed by atoms with Crippen molar-refractivity contribution in [1.29, 1.82) is 0 Å². The quantitative estimate of drug-likeness (QED) is 0.714. The van der Waals surface area contributed by atoms with Crippen LogP contribution in [0.3, 0.4) is 0 Å². The third-order valence-corrected chi connectivity index (χ3v) is 5.90. The lowest BCUT2D eigenvalue weighted by molar-refractivity contribution is -0.148. The zero-order chi connectivity index (χ0) is 19.2. The van der Waals surface area contributed by atoms with Crippen LogP contribution in [0.2, 0.25) is 0 Å². The van der Waals surface area contributed by atoms with Crippen LogP contribution in [-0.4, -0.2) is 43.5 Å². The van der Waals surface area contributed by atoms with Gasteiger partial charge in [-0.2, -0.15) is 0 Å². The number of aryl methyl sites for hydroxylation is 1. The molecule has 1 fully saturated rings. The van der Waals surface area contributed by atoms with Crippen LogP contribution in [0.25, 0.3) is 0 Å². The monoisotopic (exact) mass is 386 g/mol. The van der Waals surface area contributed by atoms with E-state index in [0.717, 1.165) is 5.69 Å². The van der Waals surface area contributed by atoms with E-state index < -0.39 is 0 Å². The van der Waals surface area contributed by atoms with Crippen LogP contribution >= 0.6 is 11.3 Å². The molecule has 1 aromatic carbocycles. The first-order valence-corrected chi connectivity index (χ1v) is 10.1. The van der Waals surface area contributed by atoms with E-state index in [1.54, 1.807) is 11.3 Å². The number of methoxy groups -OCH3 is 1. The van der Waals surface area contributed by atoms with Gasteiger partial charge in [-0.25, -0.2) is 0 Å². The molecule has 0 bridgehead atoms. The molecular formula is C21H26N2O3S. The summed E-state index contributed by atoms with van der Waals surface area (Å²) < 4.78 is 4.83. The molecule has 0 atom stereocenters. The highest BCUT2D eigenvalue weighted by molar-refractivity contribution is 7.09. The molecular weight excluding hydrogens is 360 g/mol. The highest BCUT2D eigenvalue weighted by atomic mass is 32.1. The van der Waals surface area contributed by atoms with Crippen LogP contribution in [-0.2, 0) is 20.9 Å². The number of carbonyl (C=O) groups is 2. The zero-order valence-corrected chi connectivity index (χ0v) is 16.7. The summed E-state index contributed by atoms with van der Waals surface area (Å²) in [4.78, 5) is 29.8. The number of likely N-dealkylation sites (tertiary alicyclic amines) is 1. The van der Waals surface area contributed by atoms with E-state index in [4.69, 9.17) is 4.74 Å². The van der Waals surface area contributed by atoms with Crippen LogP contribution < -0.4 is 4.90 Å². The fourth-order valence-corrected chi connectivity index (χ4v) is 4.10. The Bertz CT molecular complexity index is 750. The molecule has 2 aromatic rings. The summed E-state index contributed by atoms with van der Waals surface area (Å²) >= 11 is 1.70. The summed E-state index contributed by atoms with van der Waals surface area (Å²) in [6.45, 7) is 4.33. The van der Waals surface area contributed by atoms with Crippen molar-refractivity contribution in [2.24, 2.45) is 5.92 Å². The third kappa shape index (κ3) is 5.10. The Labute approximate surface area is 164 Å². The number of nitrogens with zero attached hydrogens (tertiary/aromatic N) is 2. The summed E-state index contributed by atoms with van der Waals surface area (Å²) in [6, 6.07) is 12.4. The van der Waals surface area contributed by atoms with Crippen molar-refractivity contribution in [3.05, 3.63) is 52.2 Å². The first kappa shape index (κ1) is 19.4. The molecule has 3 rings (SSSR count). The molecule has 2 heterocycles. The van der Waals surface area contributed by atoms with Gasteiger partial charge in [-0.05, 0) is 43.3 Å². The first-order valence-electron chi connectivity index (χ1n) is 9.26. The molecule has 0 saturated carbocycles. The Morgan fingerprint density at radius 2 is 1.89 bits per heavy atom. The van der Waals surface area contributed by atoms with Crippen molar-refractivity contribution in [3.8, 4) is 0 Å². The van der Waals surface area contributed by atoms with Gasteiger partial charge in [0.1, 0.15) is 0 Å². The topological polar surface area (TPSA) is 49.9 Å². The van der Waals surface area contributed by atoms with Crippen LogP contribution in [0, 0.1) is 12.8 Å². The smallest absolute Gasteiger partial charge is 0.308 e. The van der Waals surface area contributed by atoms with E-state index in [1.165, 1.54) is 17.6 Å². The lowest BCUT2D eigenvalue weighted by atomic mass is 9.97. The minimum Gasteiger partial charge on any atom is -0.469 e. The van der Waals surface area contributed by atoms with Crippen molar-refractivity contribution in [2.45, 2.75) is 26.3 Å². The van der Waals surface area contributed by atoms with E-state index >= 15 is 0 Å². The number of esters is 1. The van der Waals surface area contributed by atoms with Gasteiger partial charge in [0.05, 0.1) is 26.1 Å². The average molecular weight is 387 g/mol. The molecule has 6 heteroatoms. The molecule has 1 saturated heterocycles. The fourth-order valence-electron chi connectivity index (χ4n) is 3.38. The predicted molar refractivity (Wildman–Crippen MR) is 108 cm³/mol. The Balaban J connectivity index is 1.65. The fraction of sp³-hybridized carbons (Fsp3) is 0.429. The lowest BCUT2D eigenvalue weighted by Crippen LogP contribution is -2.45. The van der Waals surface area contributed by atoms with Gasteiger partial charge in [0.2, 0.25) is 5.91 Å². The summed E-state index contributed by atoms with van der Waals surface area (Å²) in [7, 11) is 1.42. The number of ether oxygens (including phenoxy) is 1. The van der Waals surface area contributed by atoms with Gasteiger partial charge in [-0.1, -0.05) is 23.8 Å². The zero-order valence-electron chi connectivity index (χ0n) is 15.9. The van der Waals surface area contributed by atoms with E-state index in [2.05, 4.69) is 47.5 Å². The van der Waals surface area contributed by atoms with Crippen molar-refractivity contribution in [2.75, 3.05) is 31.6 Å². The van der Waals surface area contributed by atoms with Gasteiger partial charge < -0.3 is 14.5 Å². The summed E-state index contributed by atoms with van der Waals surface area (Å²) in [5.74, 6) is -0.144. The van der Waals surface area contributed by atoms with Crippen LogP contribution in [0.15, 0.2) is 41.8 Å². The molecule has 27 heavy (non-hydrogen) atoms. The number of rotatable bonds is 6. The minimum absolute atomic E-state index is 0.0848. The Morgan fingerprint density at radius 1 is 1.19 bits per heavy atom. The van der Waals surface area contributed by atoms with E-state index in [-0.39, 0.29) is 17.8 Å². The van der Waals surface area contributed by atoms with Gasteiger partial charge in [0.25, 0.3) is 0 Å². The number of amides is 1. The molecule has 0 radical (unpaired) electrons. The van der Waals surface area contributed by atoms with Crippen LogP contribution in [0.4, 0.5) is 5.69 Å². The summed E-state index contributed by atoms with van der Waals surface area (Å²) in [5, 5.41) is 2.06. The number of hydrogen-bond acceptors (Lipinski definition) is 5. The molecule has 0 spiro atoms. The van der Waals surface area contributed by atoms with Gasteiger partial charge in [0.15, 0.2) is 0 Å². The number of benzene rings is 1. The molecule has 0 N–H and O–H groups in total. The standard InChI is InChI=1S/C21H26N2O3S/c1-16-5-7-18(8-6-16)23(14-19-4-3-13-27-19)15-20(24)22-11-9-17(10-12-22)21(25)26-2/h3-8,13,17H,9-12,14-15H2,1-2H3. The van der Waals surface area contributed by atoms with Crippen molar-refractivity contribution >= 4 is 28.9 Å². The van der Waals surface area contributed by atoms with E-state index in [9.17, 15) is 9.59 Å². The number of hydrogen-bond donors (Lipinski definition) is 0. The third-order valence-electron chi connectivity index (χ3n) is 5.03. The highest BCUT2D eigenvalue weighted by Gasteiger charge is 2.28. The molecule has 144 valence electrons. The molecule has 5 nitrogen and oxygen atoms in total. The molecule has 0 unspecified atom stereocenters. The lowest BCUT2D eigenvalue weighted by Gasteiger charge is -2.33. The van der Waals surface area contributed by atoms with Gasteiger partial charge in [0, 0.05) is 23.7 Å². The van der Waals surface area contributed by atoms with Gasteiger partial charge in [-0.15, -0.1) is 11.3 Å². The number of carbonyl (C=O) groups excluding carboxylic acids is 2. The van der Waals surface area contributed by atoms with Crippen molar-refractivity contribution in [1.82, 2.24) is 4.90 Å². The SMILES string of the molecule is COC(=O)C1CCN(C(=O)CN(Cc2cccs2)c2ccc(C)cc2)CC1. The predicted octanol–water partition coefficient (Wildman–Crippen LogP) is 3.47. The number of piperidine rings is 1. The number of anilines is 1. The maximum absolute atomic E-state index is 12.9. The second kappa shape index (κ2) is 9.04. The van der Waals surface area contributed by atoms with Crippen molar-refractivity contribution < 1.29 is 14.3 Å². The van der Waals surface area contributed by atoms with E-state index in [1.807, 2.05) is 11.0 Å². The first-order chi connectivity index (χ1) is 13.1. The second-order valence-corrected chi connectivity index (χ2v) is 7.98. The largest absolute Gasteiger partial charge is 0.469 e. The summed E-state index contributed by atoms with van der Waals surface area (Å²) in [6.07, 6.45) is 1.35. The molecule has 1 aromatic heterocycles. The highest BCUT2D eigenvalue weighted by Crippen LogP contribution is 2.22. The summed E-state index contributed by atoms with van der Waals surface area (Å²) in [5.41, 5.74) is 2.25. The van der Waals surface area contributed by atoms with Gasteiger partial charge >= 0.3 is 5.97 Å². The Morgan fingerprint density at radius 3 is 2.48 bits per heavy atom.